The van der Waals surface area contributed by atoms with Crippen LogP contribution in [0.5, 0.6) is 0 Å². The predicted molar refractivity (Wildman–Crippen MR) is 70.2 cm³/mol. The molecule has 0 atom stereocenters. The lowest BCUT2D eigenvalue weighted by Gasteiger charge is -2.42. The molecule has 18 heavy (non-hydrogen) atoms. The van der Waals surface area contributed by atoms with E-state index in [9.17, 15) is 9.59 Å². The summed E-state index contributed by atoms with van der Waals surface area (Å²) in [5.41, 5.74) is 7.44. The zero-order valence-corrected chi connectivity index (χ0v) is 10.8. The monoisotopic (exact) mass is 247 g/mol. The SMILES string of the molecule is Cc1cc(N)ccc1N1CC(=O)NC(=O)C1(C)C. The van der Waals surface area contributed by atoms with E-state index < -0.39 is 5.54 Å². The van der Waals surface area contributed by atoms with Gasteiger partial charge in [-0.15, -0.1) is 0 Å². The molecule has 0 saturated carbocycles. The standard InChI is InChI=1S/C13H17N3O2/c1-8-6-9(14)4-5-10(8)16-7-11(17)15-12(18)13(16,2)3/h4-6H,7,14H2,1-3H3,(H,15,17,18). The van der Waals surface area contributed by atoms with Crippen molar-refractivity contribution in [3.63, 3.8) is 0 Å². The van der Waals surface area contributed by atoms with E-state index in [1.807, 2.05) is 24.0 Å². The number of anilines is 2. The maximum absolute atomic E-state index is 11.9. The number of carbonyl (C=O) groups excluding carboxylic acids is 2. The van der Waals surface area contributed by atoms with Gasteiger partial charge < -0.3 is 10.6 Å². The Kier molecular flexibility index (Phi) is 2.77. The number of hydrogen-bond acceptors (Lipinski definition) is 4. The lowest BCUT2D eigenvalue weighted by Crippen LogP contribution is -2.64. The number of amides is 2. The zero-order chi connectivity index (χ0) is 13.5. The minimum Gasteiger partial charge on any atom is -0.399 e. The van der Waals surface area contributed by atoms with Gasteiger partial charge in [0, 0.05) is 11.4 Å². The summed E-state index contributed by atoms with van der Waals surface area (Å²) in [6.07, 6.45) is 0. The van der Waals surface area contributed by atoms with E-state index in [1.165, 1.54) is 0 Å². The van der Waals surface area contributed by atoms with Crippen LogP contribution < -0.4 is 16.0 Å². The lowest BCUT2D eigenvalue weighted by molar-refractivity contribution is -0.135. The van der Waals surface area contributed by atoms with Crippen molar-refractivity contribution in [2.45, 2.75) is 26.3 Å². The van der Waals surface area contributed by atoms with Crippen LogP contribution in [-0.4, -0.2) is 23.9 Å². The van der Waals surface area contributed by atoms with Crippen LogP contribution in [0.1, 0.15) is 19.4 Å². The average molecular weight is 247 g/mol. The Labute approximate surface area is 106 Å². The molecule has 1 aliphatic heterocycles. The molecule has 2 rings (SSSR count). The summed E-state index contributed by atoms with van der Waals surface area (Å²) in [6.45, 7) is 5.68. The van der Waals surface area contributed by atoms with Gasteiger partial charge in [0.05, 0.1) is 6.54 Å². The van der Waals surface area contributed by atoms with E-state index in [0.29, 0.717) is 5.69 Å². The summed E-state index contributed by atoms with van der Waals surface area (Å²) in [6, 6.07) is 5.45. The molecular weight excluding hydrogens is 230 g/mol. The molecule has 0 unspecified atom stereocenters. The third-order valence-corrected chi connectivity index (χ3v) is 3.30. The van der Waals surface area contributed by atoms with Crippen LogP contribution in [0.3, 0.4) is 0 Å². The van der Waals surface area contributed by atoms with Gasteiger partial charge >= 0.3 is 0 Å². The first kappa shape index (κ1) is 12.4. The molecule has 1 aliphatic rings. The van der Waals surface area contributed by atoms with Crippen LogP contribution in [0, 0.1) is 6.92 Å². The molecule has 5 heteroatoms. The van der Waals surface area contributed by atoms with Crippen molar-refractivity contribution in [3.05, 3.63) is 23.8 Å². The van der Waals surface area contributed by atoms with Crippen molar-refractivity contribution in [2.24, 2.45) is 0 Å². The second-order valence-corrected chi connectivity index (χ2v) is 5.07. The Morgan fingerprint density at radius 1 is 1.33 bits per heavy atom. The molecule has 0 aromatic heterocycles. The van der Waals surface area contributed by atoms with Gasteiger partial charge in [-0.25, -0.2) is 0 Å². The molecular formula is C13H17N3O2. The molecule has 0 radical (unpaired) electrons. The second-order valence-electron chi connectivity index (χ2n) is 5.07. The van der Waals surface area contributed by atoms with Crippen molar-refractivity contribution in [1.82, 2.24) is 5.32 Å². The van der Waals surface area contributed by atoms with Gasteiger partial charge in [-0.05, 0) is 44.5 Å². The van der Waals surface area contributed by atoms with Crippen molar-refractivity contribution in [1.29, 1.82) is 0 Å². The maximum Gasteiger partial charge on any atom is 0.251 e. The van der Waals surface area contributed by atoms with Crippen LogP contribution in [0.25, 0.3) is 0 Å². The number of hydrogen-bond donors (Lipinski definition) is 2. The van der Waals surface area contributed by atoms with E-state index in [1.54, 1.807) is 19.9 Å². The van der Waals surface area contributed by atoms with E-state index >= 15 is 0 Å². The fourth-order valence-corrected chi connectivity index (χ4v) is 2.15. The fraction of sp³-hybridized carbons (Fsp3) is 0.385. The Bertz CT molecular complexity index is 523. The Morgan fingerprint density at radius 3 is 2.61 bits per heavy atom. The van der Waals surface area contributed by atoms with Crippen LogP contribution in [0.2, 0.25) is 0 Å². The Morgan fingerprint density at radius 2 is 2.00 bits per heavy atom. The molecule has 2 amide bonds. The molecule has 5 nitrogen and oxygen atoms in total. The molecule has 3 N–H and O–H groups in total. The average Bonchev–Trinajstić information content (AvgIpc) is 2.24. The first-order valence-electron chi connectivity index (χ1n) is 5.80. The molecule has 1 heterocycles. The number of piperazine rings is 1. The number of carbonyl (C=O) groups is 2. The quantitative estimate of drug-likeness (QED) is 0.569. The number of nitrogens with two attached hydrogens (primary N) is 1. The van der Waals surface area contributed by atoms with Gasteiger partial charge in [-0.3, -0.25) is 14.9 Å². The highest BCUT2D eigenvalue weighted by molar-refractivity contribution is 6.06. The van der Waals surface area contributed by atoms with Crippen LogP contribution in [-0.2, 0) is 9.59 Å². The van der Waals surface area contributed by atoms with Crippen molar-refractivity contribution in [2.75, 3.05) is 17.2 Å². The number of nitrogens with one attached hydrogen (secondary N) is 1. The van der Waals surface area contributed by atoms with Gasteiger partial charge in [0.25, 0.3) is 5.91 Å². The minimum atomic E-state index is -0.755. The van der Waals surface area contributed by atoms with E-state index in [4.69, 9.17) is 5.73 Å². The summed E-state index contributed by atoms with van der Waals surface area (Å²) in [7, 11) is 0. The normalized spacial score (nSPS) is 18.7. The van der Waals surface area contributed by atoms with Crippen LogP contribution in [0.15, 0.2) is 18.2 Å². The van der Waals surface area contributed by atoms with Crippen LogP contribution in [0.4, 0.5) is 11.4 Å². The van der Waals surface area contributed by atoms with E-state index in [2.05, 4.69) is 5.32 Å². The third kappa shape index (κ3) is 1.92. The van der Waals surface area contributed by atoms with Crippen molar-refractivity contribution in [3.8, 4) is 0 Å². The molecule has 1 fully saturated rings. The summed E-state index contributed by atoms with van der Waals surface area (Å²) >= 11 is 0. The molecule has 0 aliphatic carbocycles. The largest absolute Gasteiger partial charge is 0.399 e. The first-order valence-corrected chi connectivity index (χ1v) is 5.80. The Balaban J connectivity index is 2.47. The number of imide groups is 1. The van der Waals surface area contributed by atoms with Gasteiger partial charge in [-0.2, -0.15) is 0 Å². The number of aryl methyl sites for hydroxylation is 1. The number of nitrogen functional groups attached to an aromatic ring is 1. The summed E-state index contributed by atoms with van der Waals surface area (Å²) in [5.74, 6) is -0.564. The van der Waals surface area contributed by atoms with Crippen molar-refractivity contribution >= 4 is 23.2 Å². The lowest BCUT2D eigenvalue weighted by atomic mass is 9.96. The molecule has 1 saturated heterocycles. The topological polar surface area (TPSA) is 75.4 Å². The fourth-order valence-electron chi connectivity index (χ4n) is 2.15. The van der Waals surface area contributed by atoms with Crippen molar-refractivity contribution < 1.29 is 9.59 Å². The van der Waals surface area contributed by atoms with Gasteiger partial charge in [0.15, 0.2) is 0 Å². The van der Waals surface area contributed by atoms with E-state index in [0.717, 1.165) is 11.3 Å². The maximum atomic E-state index is 11.9. The van der Waals surface area contributed by atoms with Gasteiger partial charge in [-0.1, -0.05) is 0 Å². The zero-order valence-electron chi connectivity index (χ0n) is 10.8. The highest BCUT2D eigenvalue weighted by atomic mass is 16.2. The minimum absolute atomic E-state index is 0.170. The highest BCUT2D eigenvalue weighted by Crippen LogP contribution is 2.30. The summed E-state index contributed by atoms with van der Waals surface area (Å²) in [4.78, 5) is 25.2. The molecule has 1 aromatic rings. The molecule has 0 bridgehead atoms. The Hall–Kier alpha value is -2.04. The first-order chi connectivity index (χ1) is 8.32. The van der Waals surface area contributed by atoms with Gasteiger partial charge in [0.2, 0.25) is 5.91 Å². The smallest absolute Gasteiger partial charge is 0.251 e. The molecule has 0 spiro atoms. The number of benzene rings is 1. The summed E-state index contributed by atoms with van der Waals surface area (Å²) < 4.78 is 0. The van der Waals surface area contributed by atoms with Gasteiger partial charge in [0.1, 0.15) is 5.54 Å². The third-order valence-electron chi connectivity index (χ3n) is 3.30. The number of nitrogens with zero attached hydrogens (tertiary/aromatic N) is 1. The molecule has 1 aromatic carbocycles. The van der Waals surface area contributed by atoms with E-state index in [-0.39, 0.29) is 18.4 Å². The van der Waals surface area contributed by atoms with Crippen LogP contribution >= 0.6 is 0 Å². The highest BCUT2D eigenvalue weighted by Gasteiger charge is 2.41. The molecule has 96 valence electrons. The summed E-state index contributed by atoms with van der Waals surface area (Å²) in [5, 5.41) is 2.36. The predicted octanol–water partition coefficient (Wildman–Crippen LogP) is 0.819. The second kappa shape index (κ2) is 4.01. The number of rotatable bonds is 1.